The first-order valence-electron chi connectivity index (χ1n) is 15.3. The molecule has 228 valence electrons. The lowest BCUT2D eigenvalue weighted by Gasteiger charge is -2.24. The van der Waals surface area contributed by atoms with Crippen molar-refractivity contribution < 1.29 is 9.36 Å². The van der Waals surface area contributed by atoms with Crippen molar-refractivity contribution in [2.24, 2.45) is 11.1 Å². The molecule has 0 aliphatic heterocycles. The molecule has 3 aromatic heterocycles. The summed E-state index contributed by atoms with van der Waals surface area (Å²) < 4.78 is 8.31. The third kappa shape index (κ3) is 5.86. The first-order chi connectivity index (χ1) is 21.5. The van der Waals surface area contributed by atoms with Gasteiger partial charge in [0.1, 0.15) is 12.9 Å². The van der Waals surface area contributed by atoms with E-state index >= 15 is 0 Å². The van der Waals surface area contributed by atoms with E-state index in [1.807, 2.05) is 60.0 Å². The van der Waals surface area contributed by atoms with Crippen LogP contribution in [0.5, 0.6) is 0 Å². The average Bonchev–Trinajstić information content (AvgIpc) is 3.66. The minimum absolute atomic E-state index is 0.0719. The van der Waals surface area contributed by atoms with Crippen molar-refractivity contribution in [2.75, 3.05) is 7.11 Å². The third-order valence-electron chi connectivity index (χ3n) is 8.40. The number of nitrogens with zero attached hydrogens (tertiary/aromatic N) is 6. The lowest BCUT2D eigenvalue weighted by molar-refractivity contribution is 0.208. The van der Waals surface area contributed by atoms with E-state index in [0.717, 1.165) is 65.8 Å². The summed E-state index contributed by atoms with van der Waals surface area (Å²) >= 11 is 0. The van der Waals surface area contributed by atoms with Crippen molar-refractivity contribution in [3.63, 3.8) is 0 Å². The fourth-order valence-corrected chi connectivity index (χ4v) is 6.32. The number of nitrogens with one attached hydrogen (secondary N) is 1. The Bertz CT molecular complexity index is 1910. The zero-order chi connectivity index (χ0) is 30.6. The monoisotopic (exact) mass is 595 g/mol. The fourth-order valence-electron chi connectivity index (χ4n) is 6.32. The van der Waals surface area contributed by atoms with E-state index in [9.17, 15) is 9.59 Å². The lowest BCUT2D eigenvalue weighted by atomic mass is 9.85. The number of fused-ring (bicyclic) bond motifs is 1. The summed E-state index contributed by atoms with van der Waals surface area (Å²) in [7, 11) is 1.56. The molecule has 1 aliphatic rings. The van der Waals surface area contributed by atoms with Gasteiger partial charge in [-0.25, -0.2) is 9.31 Å². The van der Waals surface area contributed by atoms with Crippen LogP contribution < -0.4 is 11.3 Å². The van der Waals surface area contributed by atoms with Crippen LogP contribution in [0.15, 0.2) is 67.8 Å². The number of hydrogen-bond donors (Lipinski definition) is 1. The van der Waals surface area contributed by atoms with Gasteiger partial charge in [0.25, 0.3) is 5.56 Å². The largest absolute Gasteiger partial charge is 0.439 e. The standard InChI is InChI=1S/C33H37N7O4/c1-4-10-29-27(19-22-15-17-23(18-16-22)25-13-8-9-14-26(25)30-35-33(42)44-38-30)31(41)39(32-34-21(2)36-40(29)32)20-28(37-43-3)24-11-6-5-7-12-24/h8-9,13-18,24H,4-7,10-12,19-20H2,1-3H3,(H,35,38,42). The van der Waals surface area contributed by atoms with Gasteiger partial charge in [-0.3, -0.25) is 18.9 Å². The fraction of sp³-hybridized carbons (Fsp3) is 0.394. The van der Waals surface area contributed by atoms with Crippen LogP contribution in [0.25, 0.3) is 28.3 Å². The Labute approximate surface area is 254 Å². The number of benzene rings is 2. The minimum atomic E-state index is -0.599. The van der Waals surface area contributed by atoms with Crippen LogP contribution in [0.1, 0.15) is 68.1 Å². The second-order valence-electron chi connectivity index (χ2n) is 11.4. The minimum Gasteiger partial charge on any atom is -0.399 e. The Morgan fingerprint density at radius 1 is 1.07 bits per heavy atom. The van der Waals surface area contributed by atoms with E-state index in [4.69, 9.17) is 14.5 Å². The summed E-state index contributed by atoms with van der Waals surface area (Å²) in [6.45, 7) is 4.28. The van der Waals surface area contributed by atoms with Gasteiger partial charge < -0.3 is 4.84 Å². The van der Waals surface area contributed by atoms with Gasteiger partial charge in [-0.2, -0.15) is 10.1 Å². The highest BCUT2D eigenvalue weighted by atomic mass is 16.6. The topological polar surface area (TPSA) is 133 Å². The highest BCUT2D eigenvalue weighted by Crippen LogP contribution is 2.30. The zero-order valence-electron chi connectivity index (χ0n) is 25.4. The van der Waals surface area contributed by atoms with Crippen molar-refractivity contribution in [1.82, 2.24) is 29.3 Å². The van der Waals surface area contributed by atoms with E-state index in [1.54, 1.807) is 11.7 Å². The molecule has 0 unspecified atom stereocenters. The molecule has 0 spiro atoms. The Morgan fingerprint density at radius 3 is 2.50 bits per heavy atom. The average molecular weight is 596 g/mol. The molecule has 0 radical (unpaired) electrons. The molecule has 11 nitrogen and oxygen atoms in total. The van der Waals surface area contributed by atoms with Crippen LogP contribution in [0.2, 0.25) is 0 Å². The normalized spacial score (nSPS) is 14.4. The summed E-state index contributed by atoms with van der Waals surface area (Å²) in [5.41, 5.74) is 6.02. The van der Waals surface area contributed by atoms with Crippen molar-refractivity contribution >= 4 is 11.5 Å². The van der Waals surface area contributed by atoms with E-state index in [2.05, 4.69) is 27.2 Å². The molecular formula is C33H37N7O4. The van der Waals surface area contributed by atoms with E-state index in [1.165, 1.54) is 6.42 Å². The van der Waals surface area contributed by atoms with Crippen LogP contribution in [0.4, 0.5) is 0 Å². The number of aryl methyl sites for hydroxylation is 2. The molecule has 5 aromatic rings. The summed E-state index contributed by atoms with van der Waals surface area (Å²) in [6, 6.07) is 15.8. The maximum Gasteiger partial charge on any atom is 0.439 e. The number of rotatable bonds is 10. The van der Waals surface area contributed by atoms with Crippen molar-refractivity contribution in [3.8, 4) is 22.5 Å². The molecule has 1 aliphatic carbocycles. The zero-order valence-corrected chi connectivity index (χ0v) is 25.4. The molecule has 44 heavy (non-hydrogen) atoms. The number of H-pyrrole nitrogens is 1. The third-order valence-corrected chi connectivity index (χ3v) is 8.40. The lowest BCUT2D eigenvalue weighted by Crippen LogP contribution is -2.34. The first kappa shape index (κ1) is 29.3. The van der Waals surface area contributed by atoms with Gasteiger partial charge in [0.2, 0.25) is 5.78 Å². The first-order valence-corrected chi connectivity index (χ1v) is 15.3. The van der Waals surface area contributed by atoms with Gasteiger partial charge in [-0.1, -0.05) is 91.5 Å². The Hall–Kier alpha value is -4.80. The Kier molecular flexibility index (Phi) is 8.53. The summed E-state index contributed by atoms with van der Waals surface area (Å²) in [5, 5.41) is 13.0. The molecule has 11 heteroatoms. The highest BCUT2D eigenvalue weighted by molar-refractivity contribution is 5.86. The van der Waals surface area contributed by atoms with Gasteiger partial charge in [-0.05, 0) is 42.9 Å². The number of hydrogen-bond acceptors (Lipinski definition) is 8. The van der Waals surface area contributed by atoms with E-state index in [0.29, 0.717) is 42.4 Å². The molecule has 0 bridgehead atoms. The number of oxime groups is 1. The van der Waals surface area contributed by atoms with Gasteiger partial charge in [0.05, 0.1) is 18.0 Å². The van der Waals surface area contributed by atoms with Gasteiger partial charge in [0.15, 0.2) is 5.82 Å². The predicted molar refractivity (Wildman–Crippen MR) is 168 cm³/mol. The molecule has 1 N–H and O–H groups in total. The van der Waals surface area contributed by atoms with E-state index < -0.39 is 5.76 Å². The molecule has 1 saturated carbocycles. The Balaban J connectivity index is 1.39. The molecule has 0 saturated heterocycles. The molecule has 0 amide bonds. The van der Waals surface area contributed by atoms with E-state index in [-0.39, 0.29) is 11.5 Å². The van der Waals surface area contributed by atoms with Gasteiger partial charge >= 0.3 is 5.76 Å². The molecular weight excluding hydrogens is 558 g/mol. The molecule has 2 aromatic carbocycles. The SMILES string of the molecule is CCCc1c(Cc2ccc(-c3ccccc3-c3noc(=O)[nH]3)cc2)c(=O)n(CC(=NOC)C2CCCCC2)c2nc(C)nn12. The second kappa shape index (κ2) is 12.8. The van der Waals surface area contributed by atoms with Crippen LogP contribution in [-0.4, -0.2) is 42.1 Å². The highest BCUT2D eigenvalue weighted by Gasteiger charge is 2.25. The second-order valence-corrected chi connectivity index (χ2v) is 11.4. The van der Waals surface area contributed by atoms with Crippen molar-refractivity contribution in [2.45, 2.75) is 71.8 Å². The number of aromatic nitrogens is 6. The summed E-state index contributed by atoms with van der Waals surface area (Å²) in [5.74, 6) is 1.21. The summed E-state index contributed by atoms with van der Waals surface area (Å²) in [6.07, 6.45) is 7.63. The van der Waals surface area contributed by atoms with Crippen LogP contribution in [0, 0.1) is 12.8 Å². The molecule has 0 atom stereocenters. The molecule has 6 rings (SSSR count). The predicted octanol–water partition coefficient (Wildman–Crippen LogP) is 5.34. The van der Waals surface area contributed by atoms with Crippen LogP contribution >= 0.6 is 0 Å². The maximum absolute atomic E-state index is 14.3. The van der Waals surface area contributed by atoms with Gasteiger partial charge in [0, 0.05) is 23.5 Å². The number of aromatic amines is 1. The van der Waals surface area contributed by atoms with Crippen molar-refractivity contribution in [3.05, 3.63) is 92.1 Å². The van der Waals surface area contributed by atoms with Gasteiger partial charge in [-0.15, -0.1) is 0 Å². The summed E-state index contributed by atoms with van der Waals surface area (Å²) in [4.78, 5) is 38.5. The smallest absolute Gasteiger partial charge is 0.399 e. The molecule has 3 heterocycles. The molecule has 1 fully saturated rings. The quantitative estimate of drug-likeness (QED) is 0.170. The Morgan fingerprint density at radius 2 is 1.82 bits per heavy atom. The van der Waals surface area contributed by atoms with Crippen molar-refractivity contribution in [1.29, 1.82) is 0 Å². The van der Waals surface area contributed by atoms with Crippen LogP contribution in [0.3, 0.4) is 0 Å². The van der Waals surface area contributed by atoms with Crippen LogP contribution in [-0.2, 0) is 24.2 Å². The maximum atomic E-state index is 14.3.